The maximum atomic E-state index is 13.0. The fraction of sp³-hybridized carbons (Fsp3) is 0.615. The van der Waals surface area contributed by atoms with Crippen LogP contribution in [0.4, 0.5) is 4.39 Å². The normalized spacial score (nSPS) is 22.0. The Bertz CT molecular complexity index is 367. The molecular formula is C13H20FN3. The van der Waals surface area contributed by atoms with Gasteiger partial charge in [0.2, 0.25) is 0 Å². The summed E-state index contributed by atoms with van der Waals surface area (Å²) < 4.78 is 13.0. The van der Waals surface area contributed by atoms with E-state index in [1.165, 1.54) is 6.20 Å². The molecule has 1 atom stereocenters. The topological polar surface area (TPSA) is 28.2 Å². The molecular weight excluding hydrogens is 217 g/mol. The van der Waals surface area contributed by atoms with Crippen molar-refractivity contribution >= 4 is 0 Å². The Kier molecular flexibility index (Phi) is 4.07. The molecule has 94 valence electrons. The largest absolute Gasteiger partial charge is 0.311 e. The summed E-state index contributed by atoms with van der Waals surface area (Å²) in [6.45, 7) is 8.28. The summed E-state index contributed by atoms with van der Waals surface area (Å²) >= 11 is 0. The van der Waals surface area contributed by atoms with Crippen molar-refractivity contribution in [1.29, 1.82) is 0 Å². The second kappa shape index (κ2) is 5.56. The van der Waals surface area contributed by atoms with Crippen LogP contribution in [0.1, 0.15) is 19.4 Å². The van der Waals surface area contributed by atoms with Crippen LogP contribution in [0, 0.1) is 11.7 Å². The van der Waals surface area contributed by atoms with Gasteiger partial charge in [-0.15, -0.1) is 0 Å². The number of piperazine rings is 1. The Labute approximate surface area is 102 Å². The molecule has 4 heteroatoms. The molecule has 0 spiro atoms. The van der Waals surface area contributed by atoms with Gasteiger partial charge in [0.05, 0.1) is 6.20 Å². The van der Waals surface area contributed by atoms with Crippen LogP contribution in [0.2, 0.25) is 0 Å². The van der Waals surface area contributed by atoms with E-state index in [9.17, 15) is 4.39 Å². The van der Waals surface area contributed by atoms with Crippen LogP contribution < -0.4 is 5.32 Å². The molecule has 1 aliphatic heterocycles. The molecule has 1 saturated heterocycles. The summed E-state index contributed by atoms with van der Waals surface area (Å²) in [6.07, 6.45) is 2.99. The second-order valence-electron chi connectivity index (χ2n) is 5.05. The zero-order valence-corrected chi connectivity index (χ0v) is 10.5. The molecule has 0 saturated carbocycles. The molecule has 0 bridgehead atoms. The molecule has 1 aromatic heterocycles. The van der Waals surface area contributed by atoms with Crippen molar-refractivity contribution in [3.8, 4) is 0 Å². The summed E-state index contributed by atoms with van der Waals surface area (Å²) in [5, 5.41) is 3.51. The van der Waals surface area contributed by atoms with E-state index in [4.69, 9.17) is 0 Å². The van der Waals surface area contributed by atoms with E-state index < -0.39 is 0 Å². The third-order valence-electron chi connectivity index (χ3n) is 3.26. The lowest BCUT2D eigenvalue weighted by Gasteiger charge is -2.35. The third-order valence-corrected chi connectivity index (χ3v) is 3.26. The highest BCUT2D eigenvalue weighted by Crippen LogP contribution is 2.11. The van der Waals surface area contributed by atoms with Crippen molar-refractivity contribution < 1.29 is 4.39 Å². The van der Waals surface area contributed by atoms with E-state index in [-0.39, 0.29) is 5.82 Å². The number of nitrogens with one attached hydrogen (secondary N) is 1. The number of hydrogen-bond donors (Lipinski definition) is 1. The van der Waals surface area contributed by atoms with Gasteiger partial charge in [0.25, 0.3) is 0 Å². The summed E-state index contributed by atoms with van der Waals surface area (Å²) in [7, 11) is 0. The smallest absolute Gasteiger partial charge is 0.141 e. The molecule has 0 radical (unpaired) electrons. The molecule has 1 aromatic rings. The van der Waals surface area contributed by atoms with Crippen molar-refractivity contribution in [2.24, 2.45) is 5.92 Å². The van der Waals surface area contributed by atoms with Crippen molar-refractivity contribution in [3.63, 3.8) is 0 Å². The molecule has 3 nitrogen and oxygen atoms in total. The van der Waals surface area contributed by atoms with Crippen molar-refractivity contribution in [2.75, 3.05) is 19.6 Å². The first-order valence-electron chi connectivity index (χ1n) is 6.20. The van der Waals surface area contributed by atoms with Gasteiger partial charge in [-0.05, 0) is 17.5 Å². The average molecular weight is 237 g/mol. The van der Waals surface area contributed by atoms with Crippen LogP contribution in [0.25, 0.3) is 0 Å². The van der Waals surface area contributed by atoms with Gasteiger partial charge < -0.3 is 5.32 Å². The summed E-state index contributed by atoms with van der Waals surface area (Å²) in [4.78, 5) is 6.25. The highest BCUT2D eigenvalue weighted by atomic mass is 19.1. The zero-order chi connectivity index (χ0) is 12.3. The highest BCUT2D eigenvalue weighted by molar-refractivity contribution is 5.10. The van der Waals surface area contributed by atoms with Crippen LogP contribution in [0.15, 0.2) is 18.5 Å². The second-order valence-corrected chi connectivity index (χ2v) is 5.05. The predicted octanol–water partition coefficient (Wildman–Crippen LogP) is 1.65. The minimum atomic E-state index is -0.252. The summed E-state index contributed by atoms with van der Waals surface area (Å²) in [5.74, 6) is 0.376. The van der Waals surface area contributed by atoms with Gasteiger partial charge in [-0.1, -0.05) is 13.8 Å². The van der Waals surface area contributed by atoms with Crippen molar-refractivity contribution in [3.05, 3.63) is 29.8 Å². The number of rotatable bonds is 3. The number of nitrogens with zero attached hydrogens (tertiary/aromatic N) is 2. The van der Waals surface area contributed by atoms with Gasteiger partial charge in [0.15, 0.2) is 0 Å². The van der Waals surface area contributed by atoms with E-state index in [0.29, 0.717) is 12.0 Å². The molecule has 17 heavy (non-hydrogen) atoms. The minimum Gasteiger partial charge on any atom is -0.311 e. The van der Waals surface area contributed by atoms with Gasteiger partial charge in [0, 0.05) is 38.4 Å². The van der Waals surface area contributed by atoms with E-state index >= 15 is 0 Å². The van der Waals surface area contributed by atoms with Crippen molar-refractivity contribution in [1.82, 2.24) is 15.2 Å². The predicted molar refractivity (Wildman–Crippen MR) is 66.1 cm³/mol. The fourth-order valence-corrected chi connectivity index (χ4v) is 2.23. The van der Waals surface area contributed by atoms with E-state index in [2.05, 4.69) is 29.0 Å². The van der Waals surface area contributed by atoms with Gasteiger partial charge in [-0.3, -0.25) is 9.88 Å². The van der Waals surface area contributed by atoms with Crippen LogP contribution in [0.5, 0.6) is 0 Å². The maximum absolute atomic E-state index is 13.0. The number of pyridine rings is 1. The van der Waals surface area contributed by atoms with Crippen molar-refractivity contribution in [2.45, 2.75) is 26.4 Å². The number of halogens is 1. The van der Waals surface area contributed by atoms with Crippen LogP contribution in [-0.2, 0) is 6.54 Å². The Morgan fingerprint density at radius 2 is 2.35 bits per heavy atom. The first-order chi connectivity index (χ1) is 8.15. The molecule has 1 unspecified atom stereocenters. The molecule has 2 heterocycles. The minimum absolute atomic E-state index is 0.252. The van der Waals surface area contributed by atoms with Gasteiger partial charge >= 0.3 is 0 Å². The summed E-state index contributed by atoms with van der Waals surface area (Å²) in [5.41, 5.74) is 0.953. The molecule has 0 aliphatic carbocycles. The maximum Gasteiger partial charge on any atom is 0.141 e. The third kappa shape index (κ3) is 3.48. The Hall–Kier alpha value is -1.00. The molecule has 1 fully saturated rings. The molecule has 0 amide bonds. The average Bonchev–Trinajstić information content (AvgIpc) is 2.29. The lowest BCUT2D eigenvalue weighted by atomic mass is 10.0. The lowest BCUT2D eigenvalue weighted by Crippen LogP contribution is -2.52. The first-order valence-corrected chi connectivity index (χ1v) is 6.20. The fourth-order valence-electron chi connectivity index (χ4n) is 2.23. The van der Waals surface area contributed by atoms with E-state index in [1.807, 2.05) is 0 Å². The highest BCUT2D eigenvalue weighted by Gasteiger charge is 2.21. The van der Waals surface area contributed by atoms with Crippen LogP contribution in [-0.4, -0.2) is 35.6 Å². The van der Waals surface area contributed by atoms with E-state index in [0.717, 1.165) is 31.7 Å². The Balaban J connectivity index is 1.94. The van der Waals surface area contributed by atoms with Gasteiger partial charge in [-0.2, -0.15) is 0 Å². The lowest BCUT2D eigenvalue weighted by molar-refractivity contribution is 0.168. The molecule has 1 aliphatic rings. The van der Waals surface area contributed by atoms with Crippen LogP contribution >= 0.6 is 0 Å². The number of aromatic nitrogens is 1. The standard InChI is InChI=1S/C13H20FN3/c1-10(2)13-9-17(4-3-16-13)8-11-5-12(14)7-15-6-11/h5-7,10,13,16H,3-4,8-9H2,1-2H3. The SMILES string of the molecule is CC(C)C1CN(Cc2cncc(F)c2)CCN1. The molecule has 0 aromatic carbocycles. The Morgan fingerprint density at radius 1 is 1.53 bits per heavy atom. The zero-order valence-electron chi connectivity index (χ0n) is 10.5. The first kappa shape index (κ1) is 12.5. The monoisotopic (exact) mass is 237 g/mol. The summed E-state index contributed by atoms with van der Waals surface area (Å²) in [6, 6.07) is 2.10. The molecule has 1 N–H and O–H groups in total. The van der Waals surface area contributed by atoms with E-state index in [1.54, 1.807) is 12.3 Å². The van der Waals surface area contributed by atoms with Gasteiger partial charge in [0.1, 0.15) is 5.82 Å². The molecule has 2 rings (SSSR count). The van der Waals surface area contributed by atoms with Gasteiger partial charge in [-0.25, -0.2) is 4.39 Å². The van der Waals surface area contributed by atoms with Crippen LogP contribution in [0.3, 0.4) is 0 Å². The number of hydrogen-bond acceptors (Lipinski definition) is 3. The Morgan fingerprint density at radius 3 is 3.06 bits per heavy atom. The quantitative estimate of drug-likeness (QED) is 0.866.